The summed E-state index contributed by atoms with van der Waals surface area (Å²) in [6.07, 6.45) is 9.52. The molecule has 4 rings (SSSR count). The Morgan fingerprint density at radius 3 is 3.15 bits per heavy atom. The van der Waals surface area contributed by atoms with Crippen LogP contribution in [0.2, 0.25) is 0 Å². The number of rotatable bonds is 1. The third-order valence-corrected chi connectivity index (χ3v) is 3.51. The van der Waals surface area contributed by atoms with E-state index in [0.717, 1.165) is 12.1 Å². The highest BCUT2D eigenvalue weighted by molar-refractivity contribution is 5.64. The monoisotopic (exact) mass is 274 g/mol. The highest BCUT2D eigenvalue weighted by Crippen LogP contribution is 2.27. The lowest BCUT2D eigenvalue weighted by Gasteiger charge is -2.30. The maximum atomic E-state index is 6.11. The molecule has 2 aromatic heterocycles. The van der Waals surface area contributed by atoms with Crippen molar-refractivity contribution in [1.82, 2.24) is 19.5 Å². The Hall–Kier alpha value is -1.83. The van der Waals surface area contributed by atoms with Gasteiger partial charge in [-0.1, -0.05) is 12.2 Å². The van der Waals surface area contributed by atoms with E-state index in [1.54, 1.807) is 18.7 Å². The number of aromatic nitrogens is 4. The summed E-state index contributed by atoms with van der Waals surface area (Å²) in [5.41, 5.74) is 1.35. The topological polar surface area (TPSA) is 71.3 Å². The Morgan fingerprint density at radius 2 is 2.15 bits per heavy atom. The van der Waals surface area contributed by atoms with E-state index in [1.807, 2.05) is 10.6 Å². The predicted molar refractivity (Wildman–Crippen MR) is 68.7 cm³/mol. The molecule has 2 aliphatic rings. The van der Waals surface area contributed by atoms with Crippen LogP contribution in [-0.4, -0.2) is 45.1 Å². The predicted octanol–water partition coefficient (Wildman–Crippen LogP) is 1.04. The normalized spacial score (nSPS) is 30.1. The van der Waals surface area contributed by atoms with Crippen molar-refractivity contribution in [3.8, 4) is 0 Å². The van der Waals surface area contributed by atoms with Crippen molar-refractivity contribution in [1.29, 1.82) is 0 Å². The molecule has 7 nitrogen and oxygen atoms in total. The van der Waals surface area contributed by atoms with Crippen LogP contribution in [0.5, 0.6) is 0 Å². The van der Waals surface area contributed by atoms with E-state index in [2.05, 4.69) is 21.0 Å². The summed E-state index contributed by atoms with van der Waals surface area (Å²) in [6, 6.07) is 0. The maximum Gasteiger partial charge on any atom is 0.197 e. The molecule has 104 valence electrons. The first kappa shape index (κ1) is 12.0. The van der Waals surface area contributed by atoms with Crippen LogP contribution in [0.25, 0.3) is 11.3 Å². The summed E-state index contributed by atoms with van der Waals surface area (Å²) in [5, 5.41) is 0. The summed E-state index contributed by atoms with van der Waals surface area (Å²) in [4.78, 5) is 12.8. The van der Waals surface area contributed by atoms with Crippen LogP contribution in [0.3, 0.4) is 0 Å². The molecule has 2 aliphatic heterocycles. The minimum Gasteiger partial charge on any atom is -0.353 e. The molecule has 0 unspecified atom stereocenters. The zero-order valence-corrected chi connectivity index (χ0v) is 10.8. The zero-order chi connectivity index (χ0) is 13.4. The summed E-state index contributed by atoms with van der Waals surface area (Å²) >= 11 is 0. The average molecular weight is 274 g/mol. The van der Waals surface area contributed by atoms with E-state index < -0.39 is 0 Å². The third-order valence-electron chi connectivity index (χ3n) is 3.51. The molecular formula is C13H14N4O3. The van der Waals surface area contributed by atoms with Crippen LogP contribution < -0.4 is 0 Å². The molecule has 20 heavy (non-hydrogen) atoms. The van der Waals surface area contributed by atoms with Crippen molar-refractivity contribution in [2.75, 3.05) is 13.4 Å². The van der Waals surface area contributed by atoms with Gasteiger partial charge in [-0.25, -0.2) is 15.0 Å². The van der Waals surface area contributed by atoms with Crippen molar-refractivity contribution in [3.63, 3.8) is 0 Å². The smallest absolute Gasteiger partial charge is 0.197 e. The van der Waals surface area contributed by atoms with Gasteiger partial charge in [-0.2, -0.15) is 0 Å². The van der Waals surface area contributed by atoms with E-state index in [9.17, 15) is 0 Å². The Morgan fingerprint density at radius 1 is 1.20 bits per heavy atom. The van der Waals surface area contributed by atoms with E-state index in [0.29, 0.717) is 19.0 Å². The molecule has 0 saturated carbocycles. The van der Waals surface area contributed by atoms with Gasteiger partial charge in [-0.15, -0.1) is 0 Å². The molecule has 0 aliphatic carbocycles. The first-order chi connectivity index (χ1) is 9.92. The fraction of sp³-hybridized carbons (Fsp3) is 0.462. The van der Waals surface area contributed by atoms with Gasteiger partial charge in [0.25, 0.3) is 0 Å². The second kappa shape index (κ2) is 4.93. The number of imidazole rings is 1. The first-order valence-corrected chi connectivity index (χ1v) is 6.57. The second-order valence-electron chi connectivity index (χ2n) is 4.77. The minimum absolute atomic E-state index is 0.0466. The van der Waals surface area contributed by atoms with Gasteiger partial charge in [-0.3, -0.25) is 4.57 Å². The minimum atomic E-state index is -0.173. The molecule has 1 saturated heterocycles. The number of fused-ring (bicyclic) bond motifs is 2. The van der Waals surface area contributed by atoms with Crippen molar-refractivity contribution >= 4 is 11.3 Å². The highest BCUT2D eigenvalue weighted by atomic mass is 16.7. The van der Waals surface area contributed by atoms with Gasteiger partial charge >= 0.3 is 0 Å². The van der Waals surface area contributed by atoms with E-state index in [-0.39, 0.29) is 18.4 Å². The molecule has 0 N–H and O–H groups in total. The standard InChI is InChI=1S/C13H14N4O3/c1-2-9-10(6-18-8-19-9)20-11(3-1)17-7-16-12-13(17)15-5-4-14-12/h1-2,4-5,7,9-11H,3,6,8H2/t9-,10+,11+/m0/s1. The largest absolute Gasteiger partial charge is 0.353 e. The molecule has 7 heteroatoms. The third kappa shape index (κ3) is 2.00. The van der Waals surface area contributed by atoms with E-state index in [1.165, 1.54) is 0 Å². The van der Waals surface area contributed by atoms with Crippen molar-refractivity contribution < 1.29 is 14.2 Å². The van der Waals surface area contributed by atoms with Crippen LogP contribution in [0, 0.1) is 0 Å². The van der Waals surface area contributed by atoms with Crippen LogP contribution >= 0.6 is 0 Å². The van der Waals surface area contributed by atoms with Gasteiger partial charge in [0, 0.05) is 18.8 Å². The summed E-state index contributed by atoms with van der Waals surface area (Å²) in [5.74, 6) is 0. The SMILES string of the molecule is C1=C[C@@H]2OCOC[C@H]2O[C@@H](n2cnc3nccnc32)C1. The molecule has 2 aromatic rings. The molecule has 0 bridgehead atoms. The van der Waals surface area contributed by atoms with Crippen LogP contribution in [0.4, 0.5) is 0 Å². The quantitative estimate of drug-likeness (QED) is 0.724. The van der Waals surface area contributed by atoms with Crippen LogP contribution in [-0.2, 0) is 14.2 Å². The number of ether oxygens (including phenoxy) is 3. The van der Waals surface area contributed by atoms with E-state index in [4.69, 9.17) is 14.2 Å². The Balaban J connectivity index is 1.66. The van der Waals surface area contributed by atoms with Crippen molar-refractivity contribution in [2.45, 2.75) is 24.9 Å². The molecular weight excluding hydrogens is 260 g/mol. The number of nitrogens with zero attached hydrogens (tertiary/aromatic N) is 4. The van der Waals surface area contributed by atoms with Crippen LogP contribution in [0.1, 0.15) is 12.6 Å². The lowest BCUT2D eigenvalue weighted by Crippen LogP contribution is -2.40. The molecule has 0 spiro atoms. The first-order valence-electron chi connectivity index (χ1n) is 6.57. The molecule has 0 amide bonds. The van der Waals surface area contributed by atoms with Crippen molar-refractivity contribution in [3.05, 3.63) is 30.9 Å². The lowest BCUT2D eigenvalue weighted by molar-refractivity contribution is -0.211. The summed E-state index contributed by atoms with van der Waals surface area (Å²) in [7, 11) is 0. The molecule has 0 radical (unpaired) electrons. The number of hydrogen-bond donors (Lipinski definition) is 0. The second-order valence-corrected chi connectivity index (χ2v) is 4.77. The van der Waals surface area contributed by atoms with E-state index >= 15 is 0 Å². The fourth-order valence-electron chi connectivity index (χ4n) is 2.53. The Kier molecular flexibility index (Phi) is 2.95. The molecule has 0 aromatic carbocycles. The van der Waals surface area contributed by atoms with Gasteiger partial charge in [0.15, 0.2) is 11.3 Å². The molecule has 3 atom stereocenters. The van der Waals surface area contributed by atoms with Gasteiger partial charge in [-0.05, 0) is 0 Å². The summed E-state index contributed by atoms with van der Waals surface area (Å²) in [6.45, 7) is 0.850. The maximum absolute atomic E-state index is 6.11. The van der Waals surface area contributed by atoms with Crippen molar-refractivity contribution in [2.24, 2.45) is 0 Å². The van der Waals surface area contributed by atoms with Gasteiger partial charge < -0.3 is 14.2 Å². The Labute approximate surface area is 115 Å². The molecule has 4 heterocycles. The highest BCUT2D eigenvalue weighted by Gasteiger charge is 2.31. The number of hydrogen-bond acceptors (Lipinski definition) is 6. The lowest BCUT2D eigenvalue weighted by atomic mass is 10.2. The average Bonchev–Trinajstić information content (AvgIpc) is 2.80. The van der Waals surface area contributed by atoms with Gasteiger partial charge in [0.05, 0.1) is 6.61 Å². The molecule has 1 fully saturated rings. The van der Waals surface area contributed by atoms with Gasteiger partial charge in [0.2, 0.25) is 0 Å². The van der Waals surface area contributed by atoms with Gasteiger partial charge in [0.1, 0.15) is 31.6 Å². The Bertz CT molecular complexity index is 641. The van der Waals surface area contributed by atoms with Crippen LogP contribution in [0.15, 0.2) is 30.9 Å². The zero-order valence-electron chi connectivity index (χ0n) is 10.8. The summed E-state index contributed by atoms with van der Waals surface area (Å²) < 4.78 is 18.9. The fourth-order valence-corrected chi connectivity index (χ4v) is 2.53.